The van der Waals surface area contributed by atoms with Gasteiger partial charge < -0.3 is 24.7 Å². The van der Waals surface area contributed by atoms with E-state index in [1.807, 2.05) is 63.4 Å². The van der Waals surface area contributed by atoms with Gasteiger partial charge in [-0.2, -0.15) is 0 Å². The zero-order chi connectivity index (χ0) is 26.9. The number of pyridine rings is 1. The SMILES string of the molecule is CC(C)(C)OC(=O)N1CCC[C@@H](n2cc(-c3ccc(OCc4ccccn4)c(Cl)c3)c3c(N)ncnc32)C1. The smallest absolute Gasteiger partial charge is 0.410 e. The Hall–Kier alpha value is -3.85. The summed E-state index contributed by atoms with van der Waals surface area (Å²) in [5, 5.41) is 1.23. The molecule has 10 heteroatoms. The maximum absolute atomic E-state index is 12.8. The summed E-state index contributed by atoms with van der Waals surface area (Å²) in [4.78, 5) is 27.6. The lowest BCUT2D eigenvalue weighted by Gasteiger charge is -2.34. The molecule has 1 aliphatic rings. The predicted octanol–water partition coefficient (Wildman–Crippen LogP) is 5.88. The lowest BCUT2D eigenvalue weighted by atomic mass is 10.1. The van der Waals surface area contributed by atoms with Crippen LogP contribution in [-0.4, -0.2) is 49.2 Å². The summed E-state index contributed by atoms with van der Waals surface area (Å²) >= 11 is 6.63. The number of halogens is 1. The number of aromatic nitrogens is 4. The van der Waals surface area contributed by atoms with Crippen LogP contribution in [0.5, 0.6) is 5.75 Å². The molecule has 1 fully saturated rings. The number of hydrogen-bond acceptors (Lipinski definition) is 7. The Labute approximate surface area is 226 Å². The summed E-state index contributed by atoms with van der Waals surface area (Å²) in [5.41, 5.74) is 9.06. The van der Waals surface area contributed by atoms with Crippen molar-refractivity contribution in [3.05, 3.63) is 65.8 Å². The first-order valence-electron chi connectivity index (χ1n) is 12.6. The molecule has 3 aromatic heterocycles. The minimum absolute atomic E-state index is 0.0123. The van der Waals surface area contributed by atoms with Crippen LogP contribution in [-0.2, 0) is 11.3 Å². The van der Waals surface area contributed by atoms with Gasteiger partial charge in [0.25, 0.3) is 0 Å². The molecule has 1 saturated heterocycles. The van der Waals surface area contributed by atoms with Gasteiger partial charge in [0.1, 0.15) is 35.7 Å². The van der Waals surface area contributed by atoms with Gasteiger partial charge in [0.2, 0.25) is 0 Å². The number of anilines is 1. The zero-order valence-corrected chi connectivity index (χ0v) is 22.5. The van der Waals surface area contributed by atoms with E-state index in [0.717, 1.165) is 40.7 Å². The van der Waals surface area contributed by atoms with Crippen LogP contribution in [0, 0.1) is 0 Å². The fraction of sp³-hybridized carbons (Fsp3) is 0.357. The third kappa shape index (κ3) is 5.52. The minimum atomic E-state index is -0.550. The largest absolute Gasteiger partial charge is 0.486 e. The summed E-state index contributed by atoms with van der Waals surface area (Å²) in [6.07, 6.45) is 6.67. The van der Waals surface area contributed by atoms with E-state index < -0.39 is 5.60 Å². The van der Waals surface area contributed by atoms with Gasteiger partial charge in [0, 0.05) is 31.0 Å². The second-order valence-electron chi connectivity index (χ2n) is 10.4. The van der Waals surface area contributed by atoms with E-state index in [0.29, 0.717) is 36.3 Å². The summed E-state index contributed by atoms with van der Waals surface area (Å²) < 4.78 is 13.6. The number of piperidine rings is 1. The van der Waals surface area contributed by atoms with Gasteiger partial charge in [-0.3, -0.25) is 4.98 Å². The van der Waals surface area contributed by atoms with Crippen LogP contribution in [0.4, 0.5) is 10.6 Å². The molecule has 0 unspecified atom stereocenters. The summed E-state index contributed by atoms with van der Waals surface area (Å²) in [6, 6.07) is 11.3. The molecule has 1 amide bonds. The van der Waals surface area contributed by atoms with Crippen LogP contribution in [0.2, 0.25) is 5.02 Å². The van der Waals surface area contributed by atoms with E-state index >= 15 is 0 Å². The van der Waals surface area contributed by atoms with Crippen LogP contribution < -0.4 is 10.5 Å². The zero-order valence-electron chi connectivity index (χ0n) is 21.7. The Morgan fingerprint density at radius 3 is 2.76 bits per heavy atom. The van der Waals surface area contributed by atoms with Crippen LogP contribution >= 0.6 is 11.6 Å². The Kier molecular flexibility index (Phi) is 7.12. The number of carbonyl (C=O) groups excluding carboxylic acids is 1. The second-order valence-corrected chi connectivity index (χ2v) is 10.8. The molecule has 0 spiro atoms. The lowest BCUT2D eigenvalue weighted by Crippen LogP contribution is -2.43. The quantitative estimate of drug-likeness (QED) is 0.340. The Morgan fingerprint density at radius 2 is 2.03 bits per heavy atom. The van der Waals surface area contributed by atoms with E-state index in [1.54, 1.807) is 11.1 Å². The molecule has 4 heterocycles. The van der Waals surface area contributed by atoms with Crippen molar-refractivity contribution in [3.8, 4) is 16.9 Å². The first-order valence-corrected chi connectivity index (χ1v) is 13.0. The van der Waals surface area contributed by atoms with E-state index in [4.69, 9.17) is 26.8 Å². The molecule has 5 rings (SSSR count). The van der Waals surface area contributed by atoms with Gasteiger partial charge in [0.05, 0.1) is 22.1 Å². The van der Waals surface area contributed by atoms with Gasteiger partial charge in [-0.25, -0.2) is 14.8 Å². The molecule has 0 bridgehead atoms. The molecule has 38 heavy (non-hydrogen) atoms. The van der Waals surface area contributed by atoms with Crippen molar-refractivity contribution >= 4 is 34.5 Å². The highest BCUT2D eigenvalue weighted by atomic mass is 35.5. The van der Waals surface area contributed by atoms with Gasteiger partial charge in [0.15, 0.2) is 0 Å². The normalized spacial score (nSPS) is 16.0. The van der Waals surface area contributed by atoms with Crippen molar-refractivity contribution in [2.75, 3.05) is 18.8 Å². The number of fused-ring (bicyclic) bond motifs is 1. The molecule has 1 aliphatic heterocycles. The highest BCUT2D eigenvalue weighted by Crippen LogP contribution is 2.39. The number of hydrogen-bond donors (Lipinski definition) is 1. The number of amides is 1. The molecule has 4 aromatic rings. The van der Waals surface area contributed by atoms with Gasteiger partial charge >= 0.3 is 6.09 Å². The number of nitrogen functional groups attached to an aromatic ring is 1. The Morgan fingerprint density at radius 1 is 1.18 bits per heavy atom. The van der Waals surface area contributed by atoms with Crippen molar-refractivity contribution in [3.63, 3.8) is 0 Å². The van der Waals surface area contributed by atoms with E-state index in [9.17, 15) is 4.79 Å². The van der Waals surface area contributed by atoms with Gasteiger partial charge in [-0.05, 0) is 63.4 Å². The monoisotopic (exact) mass is 534 g/mol. The number of likely N-dealkylation sites (tertiary alicyclic amines) is 1. The van der Waals surface area contributed by atoms with Gasteiger partial charge in [-0.1, -0.05) is 23.7 Å². The summed E-state index contributed by atoms with van der Waals surface area (Å²) in [7, 11) is 0. The van der Waals surface area contributed by atoms with E-state index in [1.165, 1.54) is 6.33 Å². The van der Waals surface area contributed by atoms with Crippen LogP contribution in [0.1, 0.15) is 45.3 Å². The van der Waals surface area contributed by atoms with Crippen molar-refractivity contribution in [1.82, 2.24) is 24.4 Å². The maximum atomic E-state index is 12.8. The lowest BCUT2D eigenvalue weighted by molar-refractivity contribution is 0.0174. The highest BCUT2D eigenvalue weighted by Gasteiger charge is 2.30. The fourth-order valence-corrected chi connectivity index (χ4v) is 4.94. The molecular weight excluding hydrogens is 504 g/mol. The molecule has 1 atom stereocenters. The number of nitrogens with two attached hydrogens (primary N) is 1. The molecule has 198 valence electrons. The first-order chi connectivity index (χ1) is 18.2. The number of carbonyl (C=O) groups is 1. The van der Waals surface area contributed by atoms with Crippen LogP contribution in [0.15, 0.2) is 55.1 Å². The Bertz CT molecular complexity index is 1450. The van der Waals surface area contributed by atoms with Crippen LogP contribution in [0.3, 0.4) is 0 Å². The molecular formula is C28H31ClN6O3. The molecule has 9 nitrogen and oxygen atoms in total. The Balaban J connectivity index is 1.44. The summed E-state index contributed by atoms with van der Waals surface area (Å²) in [6.45, 7) is 7.11. The highest BCUT2D eigenvalue weighted by molar-refractivity contribution is 6.32. The number of rotatable bonds is 5. The van der Waals surface area contributed by atoms with Gasteiger partial charge in [-0.15, -0.1) is 0 Å². The standard InChI is InChI=1S/C28H31ClN6O3/c1-28(2,3)38-27(36)34-12-6-8-20(14-34)35-15-21(24-25(30)32-17-33-26(24)35)18-9-10-23(22(29)13-18)37-16-19-7-4-5-11-31-19/h4-5,7,9-11,13,15,17,20H,6,8,12,14,16H2,1-3H3,(H2,30,32,33)/t20-/m1/s1. The molecule has 0 radical (unpaired) electrons. The average Bonchev–Trinajstić information content (AvgIpc) is 3.29. The number of ether oxygens (including phenoxy) is 2. The molecule has 1 aromatic carbocycles. The number of benzene rings is 1. The third-order valence-corrected chi connectivity index (χ3v) is 6.72. The van der Waals surface area contributed by atoms with Crippen LogP contribution in [0.25, 0.3) is 22.2 Å². The average molecular weight is 535 g/mol. The molecule has 0 saturated carbocycles. The maximum Gasteiger partial charge on any atom is 0.410 e. The summed E-state index contributed by atoms with van der Waals surface area (Å²) in [5.74, 6) is 0.949. The first kappa shape index (κ1) is 25.8. The number of nitrogens with zero attached hydrogens (tertiary/aromatic N) is 5. The molecule has 2 N–H and O–H groups in total. The third-order valence-electron chi connectivity index (χ3n) is 6.42. The topological polar surface area (TPSA) is 108 Å². The van der Waals surface area contributed by atoms with Crippen molar-refractivity contribution < 1.29 is 14.3 Å². The fourth-order valence-electron chi connectivity index (χ4n) is 4.70. The second kappa shape index (κ2) is 10.5. The van der Waals surface area contributed by atoms with Crippen molar-refractivity contribution in [2.45, 2.75) is 51.9 Å². The van der Waals surface area contributed by atoms with Crippen molar-refractivity contribution in [1.29, 1.82) is 0 Å². The van der Waals surface area contributed by atoms with E-state index in [2.05, 4.69) is 19.5 Å². The van der Waals surface area contributed by atoms with E-state index in [-0.39, 0.29) is 12.1 Å². The van der Waals surface area contributed by atoms with Crippen molar-refractivity contribution in [2.24, 2.45) is 0 Å². The predicted molar refractivity (Wildman–Crippen MR) is 147 cm³/mol. The molecule has 0 aliphatic carbocycles. The minimum Gasteiger partial charge on any atom is -0.486 e.